The third-order valence-corrected chi connectivity index (χ3v) is 3.53. The first-order valence-electron chi connectivity index (χ1n) is 6.00. The van der Waals surface area contributed by atoms with Crippen molar-refractivity contribution in [3.8, 4) is 0 Å². The molecule has 0 saturated heterocycles. The molecule has 1 aromatic heterocycles. The summed E-state index contributed by atoms with van der Waals surface area (Å²) in [5.41, 5.74) is 7.64. The van der Waals surface area contributed by atoms with Crippen molar-refractivity contribution in [3.63, 3.8) is 0 Å². The second-order valence-electron chi connectivity index (χ2n) is 4.21. The highest BCUT2D eigenvalue weighted by atomic mass is 79.9. The minimum absolute atomic E-state index is 0.645. The molecule has 0 saturated carbocycles. The number of nitrogens with zero attached hydrogens (tertiary/aromatic N) is 2. The highest BCUT2D eigenvalue weighted by Gasteiger charge is 2.11. The maximum absolute atomic E-state index is 6.24. The van der Waals surface area contributed by atoms with Gasteiger partial charge in [-0.25, -0.2) is 4.98 Å². The molecule has 3 nitrogen and oxygen atoms in total. The Morgan fingerprint density at radius 1 is 1.32 bits per heavy atom. The monoisotopic (exact) mass is 339 g/mol. The maximum Gasteiger partial charge on any atom is 0.147 e. The van der Waals surface area contributed by atoms with Crippen molar-refractivity contribution in [3.05, 3.63) is 51.6 Å². The van der Waals surface area contributed by atoms with Crippen LogP contribution in [-0.4, -0.2) is 11.5 Å². The number of pyridine rings is 1. The van der Waals surface area contributed by atoms with Crippen LogP contribution < -0.4 is 10.6 Å². The van der Waals surface area contributed by atoms with Crippen LogP contribution in [0.25, 0.3) is 0 Å². The molecule has 0 fully saturated rings. The molecule has 1 heterocycles. The standard InChI is InChI=1S/C14H15BrClN3/c1-2-19(9-10-3-5-12(17)6-4-10)14-13(16)7-11(15)8-18-14/h3-8H,2,9,17H2,1H3. The predicted octanol–water partition coefficient (Wildman–Crippen LogP) is 4.11. The molecule has 2 aromatic rings. The van der Waals surface area contributed by atoms with Gasteiger partial charge in [-0.15, -0.1) is 0 Å². The second-order valence-corrected chi connectivity index (χ2v) is 5.54. The van der Waals surface area contributed by atoms with Crippen LogP contribution >= 0.6 is 27.5 Å². The molecule has 0 atom stereocenters. The Kier molecular flexibility index (Phi) is 4.66. The van der Waals surface area contributed by atoms with Crippen LogP contribution in [0.15, 0.2) is 41.0 Å². The fourth-order valence-corrected chi connectivity index (χ4v) is 2.57. The van der Waals surface area contributed by atoms with Crippen LogP contribution in [0.5, 0.6) is 0 Å². The Labute approximate surface area is 126 Å². The average molecular weight is 341 g/mol. The molecule has 0 radical (unpaired) electrons. The van der Waals surface area contributed by atoms with E-state index in [0.717, 1.165) is 29.1 Å². The molecule has 0 aliphatic rings. The van der Waals surface area contributed by atoms with E-state index in [0.29, 0.717) is 5.02 Å². The molecular formula is C14H15BrClN3. The van der Waals surface area contributed by atoms with E-state index in [1.54, 1.807) is 6.20 Å². The Balaban J connectivity index is 2.22. The second kappa shape index (κ2) is 6.26. The van der Waals surface area contributed by atoms with Crippen LogP contribution in [-0.2, 0) is 6.54 Å². The normalized spacial score (nSPS) is 10.5. The number of benzene rings is 1. The maximum atomic E-state index is 6.24. The Bertz CT molecular complexity index is 557. The Morgan fingerprint density at radius 3 is 2.58 bits per heavy atom. The quantitative estimate of drug-likeness (QED) is 0.852. The topological polar surface area (TPSA) is 42.1 Å². The van der Waals surface area contributed by atoms with Crippen LogP contribution in [0.2, 0.25) is 5.02 Å². The summed E-state index contributed by atoms with van der Waals surface area (Å²) in [4.78, 5) is 6.51. The summed E-state index contributed by atoms with van der Waals surface area (Å²) in [7, 11) is 0. The van der Waals surface area contributed by atoms with E-state index < -0.39 is 0 Å². The van der Waals surface area contributed by atoms with Crippen molar-refractivity contribution >= 4 is 39.0 Å². The third-order valence-electron chi connectivity index (χ3n) is 2.82. The lowest BCUT2D eigenvalue weighted by Gasteiger charge is -2.23. The van der Waals surface area contributed by atoms with E-state index in [1.807, 2.05) is 30.3 Å². The molecule has 0 spiro atoms. The van der Waals surface area contributed by atoms with Crippen molar-refractivity contribution in [2.75, 3.05) is 17.2 Å². The van der Waals surface area contributed by atoms with E-state index in [9.17, 15) is 0 Å². The molecule has 19 heavy (non-hydrogen) atoms. The predicted molar refractivity (Wildman–Crippen MR) is 84.5 cm³/mol. The number of rotatable bonds is 4. The number of hydrogen-bond donors (Lipinski definition) is 1. The molecule has 0 aliphatic carbocycles. The summed E-state index contributed by atoms with van der Waals surface area (Å²) in [6, 6.07) is 9.70. The minimum Gasteiger partial charge on any atom is -0.399 e. The van der Waals surface area contributed by atoms with Crippen LogP contribution in [0, 0.1) is 0 Å². The zero-order valence-corrected chi connectivity index (χ0v) is 12.9. The van der Waals surface area contributed by atoms with Crippen molar-refractivity contribution < 1.29 is 0 Å². The van der Waals surface area contributed by atoms with Crippen molar-refractivity contribution in [1.29, 1.82) is 0 Å². The lowest BCUT2D eigenvalue weighted by Crippen LogP contribution is -2.23. The van der Waals surface area contributed by atoms with Gasteiger partial charge in [-0.1, -0.05) is 23.7 Å². The lowest BCUT2D eigenvalue weighted by atomic mass is 10.2. The Hall–Kier alpha value is -1.26. The van der Waals surface area contributed by atoms with Gasteiger partial charge in [0, 0.05) is 29.4 Å². The highest BCUT2D eigenvalue weighted by Crippen LogP contribution is 2.27. The molecule has 100 valence electrons. The largest absolute Gasteiger partial charge is 0.399 e. The lowest BCUT2D eigenvalue weighted by molar-refractivity contribution is 0.813. The fraction of sp³-hybridized carbons (Fsp3) is 0.214. The van der Waals surface area contributed by atoms with Crippen LogP contribution in [0.1, 0.15) is 12.5 Å². The summed E-state index contributed by atoms with van der Waals surface area (Å²) < 4.78 is 0.879. The average Bonchev–Trinajstić information content (AvgIpc) is 2.39. The number of aromatic nitrogens is 1. The van der Waals surface area contributed by atoms with Gasteiger partial charge in [-0.2, -0.15) is 0 Å². The first kappa shape index (κ1) is 14.2. The highest BCUT2D eigenvalue weighted by molar-refractivity contribution is 9.10. The molecule has 0 unspecified atom stereocenters. The van der Waals surface area contributed by atoms with E-state index in [1.165, 1.54) is 5.56 Å². The van der Waals surface area contributed by atoms with Gasteiger partial charge in [0.15, 0.2) is 0 Å². The number of nitrogens with two attached hydrogens (primary N) is 1. The van der Waals surface area contributed by atoms with E-state index in [-0.39, 0.29) is 0 Å². The molecule has 1 aromatic carbocycles. The molecule has 2 N–H and O–H groups in total. The summed E-state index contributed by atoms with van der Waals surface area (Å²) in [6.45, 7) is 3.67. The van der Waals surface area contributed by atoms with Gasteiger partial charge in [0.1, 0.15) is 5.82 Å². The number of nitrogen functional groups attached to an aromatic ring is 1. The van der Waals surface area contributed by atoms with E-state index >= 15 is 0 Å². The first-order valence-corrected chi connectivity index (χ1v) is 7.17. The fourth-order valence-electron chi connectivity index (χ4n) is 1.82. The van der Waals surface area contributed by atoms with Gasteiger partial charge < -0.3 is 10.6 Å². The smallest absolute Gasteiger partial charge is 0.147 e. The van der Waals surface area contributed by atoms with E-state index in [2.05, 4.69) is 32.7 Å². The minimum atomic E-state index is 0.645. The SMILES string of the molecule is CCN(Cc1ccc(N)cc1)c1ncc(Br)cc1Cl. The zero-order valence-electron chi connectivity index (χ0n) is 10.6. The summed E-state index contributed by atoms with van der Waals surface area (Å²) >= 11 is 9.60. The van der Waals surface area contributed by atoms with Gasteiger partial charge in [0.25, 0.3) is 0 Å². The van der Waals surface area contributed by atoms with Crippen molar-refractivity contribution in [1.82, 2.24) is 4.98 Å². The molecule has 2 rings (SSSR count). The van der Waals surface area contributed by atoms with Crippen LogP contribution in [0.4, 0.5) is 11.5 Å². The molecule has 0 amide bonds. The third kappa shape index (κ3) is 3.61. The van der Waals surface area contributed by atoms with E-state index in [4.69, 9.17) is 17.3 Å². The van der Waals surface area contributed by atoms with Crippen molar-refractivity contribution in [2.45, 2.75) is 13.5 Å². The number of anilines is 2. The summed E-state index contributed by atoms with van der Waals surface area (Å²) in [6.07, 6.45) is 1.76. The van der Waals surface area contributed by atoms with Crippen molar-refractivity contribution in [2.24, 2.45) is 0 Å². The summed E-state index contributed by atoms with van der Waals surface area (Å²) in [5.74, 6) is 0.796. The Morgan fingerprint density at radius 2 is 2.00 bits per heavy atom. The van der Waals surface area contributed by atoms with Gasteiger partial charge in [-0.3, -0.25) is 0 Å². The molecule has 0 aliphatic heterocycles. The summed E-state index contributed by atoms with van der Waals surface area (Å²) in [5, 5.41) is 0.645. The molecule has 5 heteroatoms. The molecular weight excluding hydrogens is 326 g/mol. The van der Waals surface area contributed by atoms with Crippen LogP contribution in [0.3, 0.4) is 0 Å². The zero-order chi connectivity index (χ0) is 13.8. The van der Waals surface area contributed by atoms with Gasteiger partial charge in [0.05, 0.1) is 5.02 Å². The molecule has 0 bridgehead atoms. The van der Waals surface area contributed by atoms with Gasteiger partial charge in [0.2, 0.25) is 0 Å². The number of hydrogen-bond acceptors (Lipinski definition) is 3. The first-order chi connectivity index (χ1) is 9.10. The van der Waals surface area contributed by atoms with Gasteiger partial charge >= 0.3 is 0 Å². The van der Waals surface area contributed by atoms with Gasteiger partial charge in [-0.05, 0) is 46.6 Å². The number of halogens is 2.